The third-order valence-electron chi connectivity index (χ3n) is 5.11. The van der Waals surface area contributed by atoms with E-state index < -0.39 is 0 Å². The molecule has 148 valence electrons. The molecule has 5 nitrogen and oxygen atoms in total. The van der Waals surface area contributed by atoms with Crippen molar-refractivity contribution in [2.24, 2.45) is 0 Å². The molecule has 1 amide bonds. The predicted octanol–water partition coefficient (Wildman–Crippen LogP) is 2.21. The van der Waals surface area contributed by atoms with Gasteiger partial charge in [0.1, 0.15) is 18.0 Å². The molecule has 2 aromatic rings. The lowest BCUT2D eigenvalue weighted by Crippen LogP contribution is -3.08. The van der Waals surface area contributed by atoms with Crippen LogP contribution in [0.1, 0.15) is 29.5 Å². The van der Waals surface area contributed by atoms with E-state index in [1.165, 1.54) is 37.6 Å². The SMILES string of the molecule is COc1ccc(/C=C/C(=O)NCc2ccc(C[NH+]3CCCC3)cc2)c(OC)c1. The highest BCUT2D eigenvalue weighted by atomic mass is 16.5. The number of ether oxygens (including phenoxy) is 2. The molecule has 0 spiro atoms. The molecule has 0 aliphatic carbocycles. The fourth-order valence-corrected chi connectivity index (χ4v) is 3.49. The van der Waals surface area contributed by atoms with Crippen molar-refractivity contribution in [1.82, 2.24) is 5.32 Å². The molecular weight excluding hydrogens is 352 g/mol. The normalized spacial score (nSPS) is 14.4. The molecule has 1 aliphatic rings. The Balaban J connectivity index is 1.50. The van der Waals surface area contributed by atoms with Crippen molar-refractivity contribution in [3.8, 4) is 11.5 Å². The smallest absolute Gasteiger partial charge is 0.244 e. The van der Waals surface area contributed by atoms with Crippen molar-refractivity contribution in [2.75, 3.05) is 27.3 Å². The Hall–Kier alpha value is -2.79. The Morgan fingerprint density at radius 1 is 1.04 bits per heavy atom. The van der Waals surface area contributed by atoms with E-state index in [-0.39, 0.29) is 5.91 Å². The van der Waals surface area contributed by atoms with Gasteiger partial charge in [-0.3, -0.25) is 4.79 Å². The molecule has 5 heteroatoms. The first-order chi connectivity index (χ1) is 13.7. The van der Waals surface area contributed by atoms with Gasteiger partial charge in [0.25, 0.3) is 0 Å². The minimum absolute atomic E-state index is 0.136. The van der Waals surface area contributed by atoms with E-state index in [1.807, 2.05) is 12.1 Å². The molecule has 2 N–H and O–H groups in total. The summed E-state index contributed by atoms with van der Waals surface area (Å²) in [6.45, 7) is 4.17. The van der Waals surface area contributed by atoms with Crippen molar-refractivity contribution in [2.45, 2.75) is 25.9 Å². The van der Waals surface area contributed by atoms with E-state index in [0.717, 1.165) is 17.7 Å². The van der Waals surface area contributed by atoms with Gasteiger partial charge in [0, 0.05) is 42.7 Å². The maximum Gasteiger partial charge on any atom is 0.244 e. The summed E-state index contributed by atoms with van der Waals surface area (Å²) >= 11 is 0. The minimum atomic E-state index is -0.136. The van der Waals surface area contributed by atoms with Crippen molar-refractivity contribution in [3.05, 3.63) is 65.2 Å². The third kappa shape index (κ3) is 5.60. The first-order valence-corrected chi connectivity index (χ1v) is 9.77. The van der Waals surface area contributed by atoms with Gasteiger partial charge in [0.15, 0.2) is 0 Å². The Morgan fingerprint density at radius 3 is 2.43 bits per heavy atom. The van der Waals surface area contributed by atoms with Gasteiger partial charge < -0.3 is 19.7 Å². The lowest BCUT2D eigenvalue weighted by Gasteiger charge is -2.12. The van der Waals surface area contributed by atoms with Crippen molar-refractivity contribution in [1.29, 1.82) is 0 Å². The molecule has 0 atom stereocenters. The summed E-state index contributed by atoms with van der Waals surface area (Å²) in [5.41, 5.74) is 3.29. The second-order valence-electron chi connectivity index (χ2n) is 7.11. The summed E-state index contributed by atoms with van der Waals surface area (Å²) in [5, 5.41) is 2.93. The monoisotopic (exact) mass is 381 g/mol. The van der Waals surface area contributed by atoms with Crippen molar-refractivity contribution < 1.29 is 19.2 Å². The maximum atomic E-state index is 12.1. The number of carbonyl (C=O) groups excluding carboxylic acids is 1. The summed E-state index contributed by atoms with van der Waals surface area (Å²) in [7, 11) is 3.21. The average molecular weight is 381 g/mol. The number of carbonyl (C=O) groups is 1. The maximum absolute atomic E-state index is 12.1. The van der Waals surface area contributed by atoms with Gasteiger partial charge in [-0.05, 0) is 23.8 Å². The van der Waals surface area contributed by atoms with Crippen LogP contribution in [0.25, 0.3) is 6.08 Å². The number of nitrogens with one attached hydrogen (secondary N) is 2. The molecule has 0 unspecified atom stereocenters. The van der Waals surface area contributed by atoms with E-state index in [0.29, 0.717) is 18.0 Å². The molecule has 0 bridgehead atoms. The molecular formula is C23H29N2O3+. The second-order valence-corrected chi connectivity index (χ2v) is 7.11. The standard InChI is InChI=1S/C23H28N2O3/c1-27-21-11-9-20(22(15-21)28-2)10-12-23(26)24-16-18-5-7-19(8-6-18)17-25-13-3-4-14-25/h5-12,15H,3-4,13-14,16-17H2,1-2H3,(H,24,26)/p+1/b12-10+. The van der Waals surface area contributed by atoms with Gasteiger partial charge in [-0.1, -0.05) is 24.3 Å². The number of hydrogen-bond acceptors (Lipinski definition) is 3. The highest BCUT2D eigenvalue weighted by molar-refractivity contribution is 5.92. The van der Waals surface area contributed by atoms with Crippen LogP contribution in [0.15, 0.2) is 48.5 Å². The molecule has 0 radical (unpaired) electrons. The van der Waals surface area contributed by atoms with Crippen LogP contribution in [-0.4, -0.2) is 33.2 Å². The number of quaternary nitrogens is 1. The van der Waals surface area contributed by atoms with Crippen LogP contribution in [0, 0.1) is 0 Å². The van der Waals surface area contributed by atoms with Crippen LogP contribution < -0.4 is 19.7 Å². The summed E-state index contributed by atoms with van der Waals surface area (Å²) < 4.78 is 10.5. The van der Waals surface area contributed by atoms with Crippen LogP contribution >= 0.6 is 0 Å². The molecule has 1 fully saturated rings. The molecule has 0 aromatic heterocycles. The molecule has 0 saturated carbocycles. The molecule has 1 aliphatic heterocycles. The van der Waals surface area contributed by atoms with E-state index in [9.17, 15) is 4.79 Å². The topological polar surface area (TPSA) is 52.0 Å². The van der Waals surface area contributed by atoms with Gasteiger partial charge in [0.2, 0.25) is 5.91 Å². The largest absolute Gasteiger partial charge is 0.497 e. The Bertz CT molecular complexity index is 809. The Morgan fingerprint density at radius 2 is 1.75 bits per heavy atom. The number of rotatable bonds is 8. The zero-order valence-electron chi connectivity index (χ0n) is 16.7. The van der Waals surface area contributed by atoms with Gasteiger partial charge in [-0.15, -0.1) is 0 Å². The molecule has 2 aromatic carbocycles. The van der Waals surface area contributed by atoms with E-state index in [4.69, 9.17) is 9.47 Å². The quantitative estimate of drug-likeness (QED) is 0.690. The van der Waals surface area contributed by atoms with Gasteiger partial charge in [0.05, 0.1) is 27.3 Å². The van der Waals surface area contributed by atoms with E-state index in [2.05, 4.69) is 29.6 Å². The number of methoxy groups -OCH3 is 2. The fourth-order valence-electron chi connectivity index (χ4n) is 3.49. The highest BCUT2D eigenvalue weighted by Gasteiger charge is 2.15. The van der Waals surface area contributed by atoms with Gasteiger partial charge in [-0.25, -0.2) is 0 Å². The third-order valence-corrected chi connectivity index (χ3v) is 5.11. The van der Waals surface area contributed by atoms with E-state index in [1.54, 1.807) is 31.3 Å². The summed E-state index contributed by atoms with van der Waals surface area (Å²) in [5.74, 6) is 1.25. The average Bonchev–Trinajstić information content (AvgIpc) is 3.24. The number of hydrogen-bond donors (Lipinski definition) is 2. The fraction of sp³-hybridized carbons (Fsp3) is 0.348. The van der Waals surface area contributed by atoms with Crippen LogP contribution in [-0.2, 0) is 17.9 Å². The number of amides is 1. The summed E-state index contributed by atoms with van der Waals surface area (Å²) in [6.07, 6.45) is 5.95. The van der Waals surface area contributed by atoms with Crippen molar-refractivity contribution >= 4 is 12.0 Å². The van der Waals surface area contributed by atoms with Crippen LogP contribution in [0.4, 0.5) is 0 Å². The molecule has 28 heavy (non-hydrogen) atoms. The number of benzene rings is 2. The Kier molecular flexibility index (Phi) is 7.09. The zero-order valence-corrected chi connectivity index (χ0v) is 16.7. The van der Waals surface area contributed by atoms with E-state index >= 15 is 0 Å². The lowest BCUT2D eigenvalue weighted by molar-refractivity contribution is -0.901. The minimum Gasteiger partial charge on any atom is -0.497 e. The first kappa shape index (κ1) is 20.0. The van der Waals surface area contributed by atoms with Crippen LogP contribution in [0.3, 0.4) is 0 Å². The van der Waals surface area contributed by atoms with Crippen LogP contribution in [0.2, 0.25) is 0 Å². The highest BCUT2D eigenvalue weighted by Crippen LogP contribution is 2.25. The Labute approximate surface area is 167 Å². The lowest BCUT2D eigenvalue weighted by atomic mass is 10.1. The van der Waals surface area contributed by atoms with Crippen molar-refractivity contribution in [3.63, 3.8) is 0 Å². The zero-order chi connectivity index (χ0) is 19.8. The molecule has 1 saturated heterocycles. The number of likely N-dealkylation sites (tertiary alicyclic amines) is 1. The summed E-state index contributed by atoms with van der Waals surface area (Å²) in [4.78, 5) is 13.8. The predicted molar refractivity (Wildman–Crippen MR) is 111 cm³/mol. The second kappa shape index (κ2) is 9.95. The molecule has 1 heterocycles. The van der Waals surface area contributed by atoms with Gasteiger partial charge in [-0.2, -0.15) is 0 Å². The first-order valence-electron chi connectivity index (χ1n) is 9.77. The summed E-state index contributed by atoms with van der Waals surface area (Å²) in [6, 6.07) is 14.0. The van der Waals surface area contributed by atoms with Gasteiger partial charge >= 0.3 is 0 Å². The van der Waals surface area contributed by atoms with Crippen LogP contribution in [0.5, 0.6) is 11.5 Å². The molecule has 3 rings (SSSR count).